The zero-order valence-corrected chi connectivity index (χ0v) is 6.19. The summed E-state index contributed by atoms with van der Waals surface area (Å²) in [7, 11) is 0. The highest BCUT2D eigenvalue weighted by molar-refractivity contribution is 5.74. The maximum absolute atomic E-state index is 9.06. The molecule has 0 radical (unpaired) electrons. The van der Waals surface area contributed by atoms with Crippen LogP contribution in [0.5, 0.6) is 5.75 Å². The second-order valence-electron chi connectivity index (χ2n) is 2.42. The van der Waals surface area contributed by atoms with Crippen molar-refractivity contribution in [3.63, 3.8) is 0 Å². The van der Waals surface area contributed by atoms with Gasteiger partial charge < -0.3 is 14.6 Å². The quantitative estimate of drug-likeness (QED) is 0.662. The largest absolute Gasteiger partial charge is 0.508 e. The first kappa shape index (κ1) is 7.12. The maximum atomic E-state index is 9.06. The maximum Gasteiger partial charge on any atom is 0.221 e. The average Bonchev–Trinajstić information content (AvgIpc) is 2.46. The number of phenolic OH excluding ortho intramolecular Hbond substituents is 1. The molecule has 0 amide bonds. The third kappa shape index (κ3) is 1.02. The van der Waals surface area contributed by atoms with Crippen LogP contribution in [0.15, 0.2) is 22.6 Å². The van der Waals surface area contributed by atoms with Crippen LogP contribution in [0.3, 0.4) is 0 Å². The number of phenols is 1. The lowest BCUT2D eigenvalue weighted by Crippen LogP contribution is -1.78. The normalized spacial score (nSPS) is 10.8. The number of aliphatic hydroxyl groups excluding tert-OH is 1. The number of aromatic nitrogens is 1. The second-order valence-corrected chi connectivity index (χ2v) is 2.42. The Hall–Kier alpha value is -1.55. The molecule has 1 aromatic carbocycles. The Morgan fingerprint density at radius 2 is 2.25 bits per heavy atom. The van der Waals surface area contributed by atoms with E-state index in [1.165, 1.54) is 12.1 Å². The predicted octanol–water partition coefficient (Wildman–Crippen LogP) is 1.03. The molecule has 0 saturated carbocycles. The Morgan fingerprint density at radius 1 is 1.42 bits per heavy atom. The van der Waals surface area contributed by atoms with Crippen molar-refractivity contribution in [3.05, 3.63) is 24.1 Å². The first-order valence-electron chi connectivity index (χ1n) is 3.49. The van der Waals surface area contributed by atoms with Crippen LogP contribution >= 0.6 is 0 Å². The van der Waals surface area contributed by atoms with Crippen molar-refractivity contribution < 1.29 is 14.6 Å². The lowest BCUT2D eigenvalue weighted by molar-refractivity contribution is 0.244. The fourth-order valence-corrected chi connectivity index (χ4v) is 1.03. The number of benzene rings is 1. The predicted molar refractivity (Wildman–Crippen MR) is 41.6 cm³/mol. The molecular weight excluding hydrogens is 158 g/mol. The van der Waals surface area contributed by atoms with Gasteiger partial charge in [0.05, 0.1) is 0 Å². The van der Waals surface area contributed by atoms with Crippen molar-refractivity contribution in [2.75, 3.05) is 0 Å². The molecular formula is C8H7NO3. The first-order chi connectivity index (χ1) is 5.79. The SMILES string of the molecule is OCc1nc2ccc(O)cc2o1. The molecule has 0 spiro atoms. The highest BCUT2D eigenvalue weighted by Gasteiger charge is 2.03. The van der Waals surface area contributed by atoms with E-state index in [0.29, 0.717) is 11.1 Å². The number of hydrogen-bond acceptors (Lipinski definition) is 4. The van der Waals surface area contributed by atoms with Crippen molar-refractivity contribution >= 4 is 11.1 Å². The van der Waals surface area contributed by atoms with Crippen LogP contribution in [0.2, 0.25) is 0 Å². The topological polar surface area (TPSA) is 66.5 Å². The van der Waals surface area contributed by atoms with Crippen molar-refractivity contribution in [2.24, 2.45) is 0 Å². The molecule has 62 valence electrons. The number of hydrogen-bond donors (Lipinski definition) is 2. The summed E-state index contributed by atoms with van der Waals surface area (Å²) in [5.74, 6) is 0.388. The number of aliphatic hydroxyl groups is 1. The number of aromatic hydroxyl groups is 1. The number of rotatable bonds is 1. The molecule has 0 bridgehead atoms. The third-order valence-corrected chi connectivity index (χ3v) is 1.55. The van der Waals surface area contributed by atoms with Crippen LogP contribution in [-0.4, -0.2) is 15.2 Å². The number of oxazole rings is 1. The summed E-state index contributed by atoms with van der Waals surface area (Å²) in [4.78, 5) is 3.94. The van der Waals surface area contributed by atoms with Gasteiger partial charge in [0.25, 0.3) is 0 Å². The minimum atomic E-state index is -0.227. The molecule has 0 fully saturated rings. The molecule has 1 aromatic heterocycles. The van der Waals surface area contributed by atoms with Gasteiger partial charge in [-0.25, -0.2) is 4.98 Å². The summed E-state index contributed by atoms with van der Waals surface area (Å²) < 4.78 is 5.08. The number of fused-ring (bicyclic) bond motifs is 1. The molecule has 0 aliphatic carbocycles. The smallest absolute Gasteiger partial charge is 0.221 e. The molecule has 0 aliphatic heterocycles. The lowest BCUT2D eigenvalue weighted by Gasteiger charge is -1.87. The zero-order valence-electron chi connectivity index (χ0n) is 6.19. The summed E-state index contributed by atoms with van der Waals surface area (Å²) in [6.07, 6.45) is 0. The molecule has 12 heavy (non-hydrogen) atoms. The summed E-state index contributed by atoms with van der Waals surface area (Å²) in [5.41, 5.74) is 1.12. The van der Waals surface area contributed by atoms with Crippen molar-refractivity contribution in [1.82, 2.24) is 4.98 Å². The molecule has 0 saturated heterocycles. The zero-order chi connectivity index (χ0) is 8.55. The molecule has 0 atom stereocenters. The number of nitrogens with zero attached hydrogens (tertiary/aromatic N) is 1. The van der Waals surface area contributed by atoms with Gasteiger partial charge in [-0.3, -0.25) is 0 Å². The van der Waals surface area contributed by atoms with Gasteiger partial charge in [-0.1, -0.05) is 0 Å². The standard InChI is InChI=1S/C8H7NO3/c10-4-8-9-6-2-1-5(11)3-7(6)12-8/h1-3,10-11H,4H2. The summed E-state index contributed by atoms with van der Waals surface area (Å²) in [6, 6.07) is 4.61. The van der Waals surface area contributed by atoms with Crippen LogP contribution in [0.1, 0.15) is 5.89 Å². The Bertz CT molecular complexity index is 408. The van der Waals surface area contributed by atoms with Gasteiger partial charge in [0, 0.05) is 6.07 Å². The summed E-state index contributed by atoms with van der Waals surface area (Å²) in [5, 5.41) is 17.8. The van der Waals surface area contributed by atoms with Crippen LogP contribution in [-0.2, 0) is 6.61 Å². The second kappa shape index (κ2) is 2.49. The molecule has 0 unspecified atom stereocenters. The fourth-order valence-electron chi connectivity index (χ4n) is 1.03. The van der Waals surface area contributed by atoms with Gasteiger partial charge in [0.15, 0.2) is 5.58 Å². The van der Waals surface area contributed by atoms with E-state index in [1.54, 1.807) is 6.07 Å². The van der Waals surface area contributed by atoms with Gasteiger partial charge in [-0.05, 0) is 12.1 Å². The first-order valence-corrected chi connectivity index (χ1v) is 3.49. The lowest BCUT2D eigenvalue weighted by atomic mass is 10.3. The molecule has 4 heteroatoms. The van der Waals surface area contributed by atoms with E-state index in [1.807, 2.05) is 0 Å². The fraction of sp³-hybridized carbons (Fsp3) is 0.125. The van der Waals surface area contributed by atoms with Gasteiger partial charge in [-0.15, -0.1) is 0 Å². The highest BCUT2D eigenvalue weighted by Crippen LogP contribution is 2.20. The Morgan fingerprint density at radius 3 is 3.00 bits per heavy atom. The van der Waals surface area contributed by atoms with E-state index >= 15 is 0 Å². The third-order valence-electron chi connectivity index (χ3n) is 1.55. The van der Waals surface area contributed by atoms with Gasteiger partial charge in [0.1, 0.15) is 17.9 Å². The minimum absolute atomic E-state index is 0.128. The van der Waals surface area contributed by atoms with E-state index < -0.39 is 0 Å². The highest BCUT2D eigenvalue weighted by atomic mass is 16.4. The van der Waals surface area contributed by atoms with Gasteiger partial charge >= 0.3 is 0 Å². The van der Waals surface area contributed by atoms with Crippen LogP contribution < -0.4 is 0 Å². The Labute approximate surface area is 68.1 Å². The molecule has 0 aliphatic rings. The van der Waals surface area contributed by atoms with Crippen molar-refractivity contribution in [2.45, 2.75) is 6.61 Å². The average molecular weight is 165 g/mol. The van der Waals surface area contributed by atoms with E-state index in [-0.39, 0.29) is 18.2 Å². The van der Waals surface area contributed by atoms with E-state index in [9.17, 15) is 0 Å². The van der Waals surface area contributed by atoms with E-state index in [4.69, 9.17) is 14.6 Å². The van der Waals surface area contributed by atoms with E-state index in [2.05, 4.69) is 4.98 Å². The van der Waals surface area contributed by atoms with Crippen LogP contribution in [0, 0.1) is 0 Å². The molecule has 2 N–H and O–H groups in total. The molecule has 2 rings (SSSR count). The molecule has 1 heterocycles. The molecule has 4 nitrogen and oxygen atoms in total. The van der Waals surface area contributed by atoms with E-state index in [0.717, 1.165) is 0 Å². The van der Waals surface area contributed by atoms with Crippen LogP contribution in [0.25, 0.3) is 11.1 Å². The monoisotopic (exact) mass is 165 g/mol. The summed E-state index contributed by atoms with van der Waals surface area (Å²) in [6.45, 7) is -0.227. The Balaban J connectivity index is 2.67. The van der Waals surface area contributed by atoms with Gasteiger partial charge in [0.2, 0.25) is 5.89 Å². The van der Waals surface area contributed by atoms with Crippen molar-refractivity contribution in [3.8, 4) is 5.75 Å². The van der Waals surface area contributed by atoms with Gasteiger partial charge in [-0.2, -0.15) is 0 Å². The Kier molecular flexibility index (Phi) is 1.48. The van der Waals surface area contributed by atoms with Crippen LogP contribution in [0.4, 0.5) is 0 Å². The van der Waals surface area contributed by atoms with Crippen molar-refractivity contribution in [1.29, 1.82) is 0 Å². The molecule has 2 aromatic rings. The summed E-state index contributed by atoms with van der Waals surface area (Å²) >= 11 is 0. The minimum Gasteiger partial charge on any atom is -0.508 e.